The van der Waals surface area contributed by atoms with Crippen molar-refractivity contribution >= 4 is 5.97 Å². The molecule has 186 valence electrons. The number of allylic oxidation sites excluding steroid dienone is 1. The molecule has 0 spiro atoms. The van der Waals surface area contributed by atoms with Gasteiger partial charge in [-0.1, -0.05) is 6.08 Å². The van der Waals surface area contributed by atoms with Gasteiger partial charge in [0.25, 0.3) is 0 Å². The van der Waals surface area contributed by atoms with E-state index < -0.39 is 18.2 Å². The van der Waals surface area contributed by atoms with E-state index in [-0.39, 0.29) is 12.4 Å². The molecule has 0 bridgehead atoms. The topological polar surface area (TPSA) is 102 Å². The average Bonchev–Trinajstić information content (AvgIpc) is 2.85. The van der Waals surface area contributed by atoms with Gasteiger partial charge >= 0.3 is 5.97 Å². The van der Waals surface area contributed by atoms with Crippen LogP contribution in [-0.2, 0) is 16.0 Å². The molecule has 0 fully saturated rings. The molecule has 0 heterocycles. The Morgan fingerprint density at radius 1 is 0.882 bits per heavy atom. The molecule has 0 unspecified atom stereocenters. The second kappa shape index (κ2) is 12.6. The summed E-state index contributed by atoms with van der Waals surface area (Å²) in [6.07, 6.45) is 0.0692. The number of carbonyl (C=O) groups excluding carboxylic acids is 1. The molecule has 0 aliphatic heterocycles. The zero-order valence-electron chi connectivity index (χ0n) is 20.4. The van der Waals surface area contributed by atoms with Crippen LogP contribution < -0.4 is 28.4 Å². The number of aliphatic hydroxyl groups is 1. The standard InChI is InChI=1S/C25H32O9/c1-8-9-16-10-18(28-3)25(19(11-16)29-4)34-22(14-33-15(2)26)23(27)17-12-20(30-5)24(32-7)21(13-17)31-6/h8,10-13,22-23,27H,1,9,14H2,2-7H3/t22-,23+/m1/s1. The Balaban J connectivity index is 2.53. The highest BCUT2D eigenvalue weighted by Crippen LogP contribution is 2.43. The third-order valence-corrected chi connectivity index (χ3v) is 5.00. The van der Waals surface area contributed by atoms with Crippen molar-refractivity contribution in [3.05, 3.63) is 48.0 Å². The molecule has 0 radical (unpaired) electrons. The van der Waals surface area contributed by atoms with Crippen LogP contribution in [-0.4, -0.2) is 59.3 Å². The van der Waals surface area contributed by atoms with Gasteiger partial charge in [0.2, 0.25) is 11.5 Å². The highest BCUT2D eigenvalue weighted by Gasteiger charge is 2.29. The fourth-order valence-electron chi connectivity index (χ4n) is 3.36. The van der Waals surface area contributed by atoms with Gasteiger partial charge in [-0.2, -0.15) is 0 Å². The van der Waals surface area contributed by atoms with Crippen LogP contribution in [0.4, 0.5) is 0 Å². The summed E-state index contributed by atoms with van der Waals surface area (Å²) in [4.78, 5) is 11.5. The summed E-state index contributed by atoms with van der Waals surface area (Å²) in [5.74, 6) is 1.59. The molecule has 0 aliphatic carbocycles. The zero-order valence-corrected chi connectivity index (χ0v) is 20.4. The summed E-state index contributed by atoms with van der Waals surface area (Å²) >= 11 is 0. The van der Waals surface area contributed by atoms with Gasteiger partial charge in [0.05, 0.1) is 35.5 Å². The molecule has 0 saturated carbocycles. The maximum Gasteiger partial charge on any atom is 0.302 e. The van der Waals surface area contributed by atoms with Crippen molar-refractivity contribution in [3.63, 3.8) is 0 Å². The van der Waals surface area contributed by atoms with Crippen LogP contribution in [0.1, 0.15) is 24.2 Å². The molecule has 9 nitrogen and oxygen atoms in total. The third kappa shape index (κ3) is 6.26. The predicted octanol–water partition coefficient (Wildman–Crippen LogP) is 3.50. The fourth-order valence-corrected chi connectivity index (χ4v) is 3.36. The molecular weight excluding hydrogens is 444 g/mol. The van der Waals surface area contributed by atoms with E-state index in [0.717, 1.165) is 5.56 Å². The number of methoxy groups -OCH3 is 5. The highest BCUT2D eigenvalue weighted by atomic mass is 16.6. The van der Waals surface area contributed by atoms with Crippen LogP contribution in [0.5, 0.6) is 34.5 Å². The van der Waals surface area contributed by atoms with E-state index in [2.05, 4.69) is 6.58 Å². The van der Waals surface area contributed by atoms with E-state index in [1.165, 1.54) is 42.5 Å². The molecular formula is C25H32O9. The Bertz CT molecular complexity index is 936. The molecule has 0 amide bonds. The Hall–Kier alpha value is -3.59. The summed E-state index contributed by atoms with van der Waals surface area (Å²) in [6.45, 7) is 4.78. The van der Waals surface area contributed by atoms with E-state index in [4.69, 9.17) is 33.2 Å². The largest absolute Gasteiger partial charge is 0.493 e. The molecule has 0 aliphatic rings. The first-order valence-electron chi connectivity index (χ1n) is 10.5. The minimum absolute atomic E-state index is 0.242. The van der Waals surface area contributed by atoms with E-state index in [9.17, 15) is 9.90 Å². The van der Waals surface area contributed by atoms with Gasteiger partial charge in [-0.05, 0) is 41.8 Å². The van der Waals surface area contributed by atoms with Crippen molar-refractivity contribution in [2.24, 2.45) is 0 Å². The number of aliphatic hydroxyl groups excluding tert-OH is 1. The normalized spacial score (nSPS) is 12.2. The Labute approximate surface area is 199 Å². The van der Waals surface area contributed by atoms with Gasteiger partial charge in [-0.15, -0.1) is 6.58 Å². The van der Waals surface area contributed by atoms with E-state index >= 15 is 0 Å². The lowest BCUT2D eigenvalue weighted by Gasteiger charge is -2.27. The SMILES string of the molecule is C=CCc1cc(OC)c(O[C@H](COC(C)=O)[C@@H](O)c2cc(OC)c(OC)c(OC)c2)c(OC)c1. The number of rotatable bonds is 13. The zero-order chi connectivity index (χ0) is 25.3. The Kier molecular flexibility index (Phi) is 9.88. The summed E-state index contributed by atoms with van der Waals surface area (Å²) < 4.78 is 38.5. The van der Waals surface area contributed by atoms with Gasteiger partial charge in [-0.25, -0.2) is 0 Å². The molecule has 2 aromatic carbocycles. The van der Waals surface area contributed by atoms with Crippen LogP contribution in [0.3, 0.4) is 0 Å². The summed E-state index contributed by atoms with van der Waals surface area (Å²) in [5.41, 5.74) is 1.30. The quantitative estimate of drug-likeness (QED) is 0.344. The number of ether oxygens (including phenoxy) is 7. The lowest BCUT2D eigenvalue weighted by Crippen LogP contribution is -2.31. The van der Waals surface area contributed by atoms with Crippen molar-refractivity contribution < 1.29 is 43.1 Å². The monoisotopic (exact) mass is 476 g/mol. The molecule has 2 atom stereocenters. The minimum atomic E-state index is -1.25. The molecule has 2 rings (SSSR count). The van der Waals surface area contributed by atoms with Crippen molar-refractivity contribution in [3.8, 4) is 34.5 Å². The lowest BCUT2D eigenvalue weighted by atomic mass is 10.0. The molecule has 2 aromatic rings. The number of hydrogen-bond acceptors (Lipinski definition) is 9. The predicted molar refractivity (Wildman–Crippen MR) is 126 cm³/mol. The molecule has 1 N–H and O–H groups in total. The number of hydrogen-bond donors (Lipinski definition) is 1. The van der Waals surface area contributed by atoms with Crippen molar-refractivity contribution in [1.82, 2.24) is 0 Å². The minimum Gasteiger partial charge on any atom is -0.493 e. The van der Waals surface area contributed by atoms with Gasteiger partial charge in [-0.3, -0.25) is 4.79 Å². The maximum absolute atomic E-state index is 11.5. The maximum atomic E-state index is 11.5. The van der Waals surface area contributed by atoms with Crippen LogP contribution in [0.2, 0.25) is 0 Å². The van der Waals surface area contributed by atoms with Crippen LogP contribution >= 0.6 is 0 Å². The second-order valence-corrected chi connectivity index (χ2v) is 7.18. The average molecular weight is 477 g/mol. The molecule has 0 aromatic heterocycles. The van der Waals surface area contributed by atoms with Crippen molar-refractivity contribution in [1.29, 1.82) is 0 Å². The fraction of sp³-hybridized carbons (Fsp3) is 0.400. The molecule has 34 heavy (non-hydrogen) atoms. The number of carbonyl (C=O) groups is 1. The first-order chi connectivity index (χ1) is 16.3. The van der Waals surface area contributed by atoms with Gasteiger partial charge < -0.3 is 38.3 Å². The Morgan fingerprint density at radius 2 is 1.38 bits per heavy atom. The molecule has 0 saturated heterocycles. The van der Waals surface area contributed by atoms with Gasteiger partial charge in [0, 0.05) is 6.92 Å². The molecule has 9 heteroatoms. The second-order valence-electron chi connectivity index (χ2n) is 7.18. The summed E-state index contributed by atoms with van der Waals surface area (Å²) in [6, 6.07) is 6.76. The number of benzene rings is 2. The highest BCUT2D eigenvalue weighted by molar-refractivity contribution is 5.66. The van der Waals surface area contributed by atoms with Crippen molar-refractivity contribution in [2.45, 2.75) is 25.6 Å². The summed E-state index contributed by atoms with van der Waals surface area (Å²) in [5, 5.41) is 11.3. The van der Waals surface area contributed by atoms with E-state index in [1.54, 1.807) is 30.3 Å². The lowest BCUT2D eigenvalue weighted by molar-refractivity contribution is -0.145. The Morgan fingerprint density at radius 3 is 1.79 bits per heavy atom. The summed E-state index contributed by atoms with van der Waals surface area (Å²) in [7, 11) is 7.42. The first kappa shape index (κ1) is 26.7. The third-order valence-electron chi connectivity index (χ3n) is 5.00. The smallest absolute Gasteiger partial charge is 0.302 e. The van der Waals surface area contributed by atoms with Gasteiger partial charge in [0.1, 0.15) is 12.7 Å². The van der Waals surface area contributed by atoms with Crippen LogP contribution in [0.15, 0.2) is 36.9 Å². The van der Waals surface area contributed by atoms with Crippen molar-refractivity contribution in [2.75, 3.05) is 42.2 Å². The van der Waals surface area contributed by atoms with E-state index in [1.807, 2.05) is 0 Å². The number of esters is 1. The van der Waals surface area contributed by atoms with Crippen LogP contribution in [0.25, 0.3) is 0 Å². The van der Waals surface area contributed by atoms with Gasteiger partial charge in [0.15, 0.2) is 29.1 Å². The van der Waals surface area contributed by atoms with Crippen LogP contribution in [0, 0.1) is 0 Å². The van der Waals surface area contributed by atoms with E-state index in [0.29, 0.717) is 40.7 Å². The first-order valence-corrected chi connectivity index (χ1v) is 10.5.